The van der Waals surface area contributed by atoms with Gasteiger partial charge in [-0.1, -0.05) is 12.1 Å². The van der Waals surface area contributed by atoms with Crippen LogP contribution in [0.4, 0.5) is 10.1 Å². The highest BCUT2D eigenvalue weighted by molar-refractivity contribution is 8.00. The van der Waals surface area contributed by atoms with Crippen LogP contribution in [0.25, 0.3) is 0 Å². The summed E-state index contributed by atoms with van der Waals surface area (Å²) >= 11 is 1.50. The zero-order valence-corrected chi connectivity index (χ0v) is 17.9. The maximum Gasteiger partial charge on any atom is 0.335 e. The molecule has 2 aromatic rings. The van der Waals surface area contributed by atoms with Gasteiger partial charge in [-0.3, -0.25) is 14.6 Å². The number of anilines is 1. The predicted octanol–water partition coefficient (Wildman–Crippen LogP) is 3.41. The Morgan fingerprint density at radius 2 is 1.87 bits per heavy atom. The molecule has 3 heterocycles. The average Bonchev–Trinajstić information content (AvgIpc) is 3.05. The number of aromatic carboxylic acids is 1. The molecule has 0 aromatic heterocycles. The van der Waals surface area contributed by atoms with Gasteiger partial charge >= 0.3 is 5.97 Å². The van der Waals surface area contributed by atoms with E-state index in [-0.39, 0.29) is 23.0 Å². The van der Waals surface area contributed by atoms with E-state index in [1.165, 1.54) is 23.9 Å². The number of nitrogens with zero attached hydrogens (tertiary/aromatic N) is 2. The van der Waals surface area contributed by atoms with Gasteiger partial charge in [-0.15, -0.1) is 11.8 Å². The minimum atomic E-state index is -0.952. The van der Waals surface area contributed by atoms with Crippen LogP contribution >= 0.6 is 11.8 Å². The Hall–Kier alpha value is -2.42. The highest BCUT2D eigenvalue weighted by Crippen LogP contribution is 2.45. The number of thioether (sulfide) groups is 1. The van der Waals surface area contributed by atoms with E-state index in [1.807, 2.05) is 6.92 Å². The first kappa shape index (κ1) is 20.5. The zero-order valence-electron chi connectivity index (χ0n) is 17.1. The third-order valence-corrected chi connectivity index (χ3v) is 7.67. The van der Waals surface area contributed by atoms with E-state index in [1.54, 1.807) is 29.2 Å². The standard InChI is InChI=1S/C23H23FN2O4S/c1-13-19(26-20(27)12-31-22(26)14-2-4-16(24)5-3-14)7-6-18(23(28)29)21(13)15-8-25(9-15)17-10-30-11-17/h2-7,15,17,22H,8-12H2,1H3,(H,28,29). The lowest BCUT2D eigenvalue weighted by molar-refractivity contribution is -0.115. The predicted molar refractivity (Wildman–Crippen MR) is 116 cm³/mol. The smallest absolute Gasteiger partial charge is 0.335 e. The molecular formula is C23H23FN2O4S. The quantitative estimate of drug-likeness (QED) is 0.765. The number of carbonyl (C=O) groups excluding carboxylic acids is 1. The van der Waals surface area contributed by atoms with Crippen molar-refractivity contribution in [1.82, 2.24) is 4.90 Å². The summed E-state index contributed by atoms with van der Waals surface area (Å²) in [6.07, 6.45) is 0. The van der Waals surface area contributed by atoms with Gasteiger partial charge in [-0.2, -0.15) is 0 Å². The molecule has 0 aliphatic carbocycles. The van der Waals surface area contributed by atoms with Crippen LogP contribution in [0.1, 0.15) is 38.3 Å². The average molecular weight is 443 g/mol. The van der Waals surface area contributed by atoms with Crippen molar-refractivity contribution in [2.24, 2.45) is 0 Å². The number of rotatable bonds is 5. The van der Waals surface area contributed by atoms with E-state index in [0.717, 1.165) is 48.7 Å². The van der Waals surface area contributed by atoms with Crippen molar-refractivity contribution in [2.75, 3.05) is 37.0 Å². The van der Waals surface area contributed by atoms with Crippen LogP contribution in [-0.2, 0) is 9.53 Å². The van der Waals surface area contributed by atoms with Crippen molar-refractivity contribution in [3.05, 3.63) is 64.5 Å². The molecule has 3 aliphatic heterocycles. The van der Waals surface area contributed by atoms with Gasteiger partial charge in [0.15, 0.2) is 0 Å². The van der Waals surface area contributed by atoms with Crippen LogP contribution < -0.4 is 4.90 Å². The monoisotopic (exact) mass is 442 g/mol. The van der Waals surface area contributed by atoms with E-state index in [9.17, 15) is 19.1 Å². The highest BCUT2D eigenvalue weighted by atomic mass is 32.2. The molecule has 162 valence electrons. The third-order valence-electron chi connectivity index (χ3n) is 6.45. The number of halogens is 1. The Morgan fingerprint density at radius 3 is 2.48 bits per heavy atom. The second kappa shape index (κ2) is 7.93. The summed E-state index contributed by atoms with van der Waals surface area (Å²) in [7, 11) is 0. The molecule has 1 atom stereocenters. The van der Waals surface area contributed by atoms with Crippen LogP contribution in [0.3, 0.4) is 0 Å². The Labute approximate surface area is 184 Å². The second-order valence-electron chi connectivity index (χ2n) is 8.30. The molecule has 3 aliphatic rings. The molecule has 0 radical (unpaired) electrons. The molecule has 0 saturated carbocycles. The van der Waals surface area contributed by atoms with Crippen LogP contribution in [0, 0.1) is 12.7 Å². The van der Waals surface area contributed by atoms with Crippen molar-refractivity contribution < 1.29 is 23.8 Å². The number of carboxylic acid groups (broad SMARTS) is 1. The number of carbonyl (C=O) groups is 2. The number of benzene rings is 2. The molecule has 3 saturated heterocycles. The summed E-state index contributed by atoms with van der Waals surface area (Å²) < 4.78 is 18.7. The zero-order chi connectivity index (χ0) is 21.7. The van der Waals surface area contributed by atoms with Crippen LogP contribution in [0.2, 0.25) is 0 Å². The van der Waals surface area contributed by atoms with Crippen LogP contribution in [0.5, 0.6) is 0 Å². The fraction of sp³-hybridized carbons (Fsp3) is 0.391. The number of carboxylic acids is 1. The lowest BCUT2D eigenvalue weighted by Gasteiger charge is -2.48. The molecule has 31 heavy (non-hydrogen) atoms. The normalized spacial score (nSPS) is 22.5. The number of hydrogen-bond donors (Lipinski definition) is 1. The summed E-state index contributed by atoms with van der Waals surface area (Å²) in [4.78, 5) is 28.9. The summed E-state index contributed by atoms with van der Waals surface area (Å²) in [5, 5.41) is 9.54. The maximum atomic E-state index is 13.4. The molecule has 1 amide bonds. The molecule has 0 bridgehead atoms. The Morgan fingerprint density at radius 1 is 1.16 bits per heavy atom. The van der Waals surface area contributed by atoms with Crippen molar-refractivity contribution in [3.8, 4) is 0 Å². The fourth-order valence-corrected chi connectivity index (χ4v) is 5.85. The van der Waals surface area contributed by atoms with E-state index < -0.39 is 5.97 Å². The minimum absolute atomic E-state index is 0.0293. The molecule has 6 nitrogen and oxygen atoms in total. The number of likely N-dealkylation sites (tertiary alicyclic amines) is 1. The lowest BCUT2D eigenvalue weighted by atomic mass is 9.83. The SMILES string of the molecule is Cc1c(N2C(=O)CSC2c2ccc(F)cc2)ccc(C(=O)O)c1C1CN(C2COC2)C1. The Bertz CT molecular complexity index is 1030. The van der Waals surface area contributed by atoms with Crippen molar-refractivity contribution in [3.63, 3.8) is 0 Å². The molecule has 1 N–H and O–H groups in total. The van der Waals surface area contributed by atoms with Gasteiger partial charge in [0.1, 0.15) is 11.2 Å². The van der Waals surface area contributed by atoms with E-state index >= 15 is 0 Å². The molecule has 8 heteroatoms. The maximum absolute atomic E-state index is 13.4. The summed E-state index contributed by atoms with van der Waals surface area (Å²) in [6, 6.07) is 9.97. The number of hydrogen-bond acceptors (Lipinski definition) is 5. The highest BCUT2D eigenvalue weighted by Gasteiger charge is 2.41. The molecule has 1 unspecified atom stereocenters. The van der Waals surface area contributed by atoms with Gasteiger partial charge in [0, 0.05) is 24.7 Å². The largest absolute Gasteiger partial charge is 0.478 e. The fourth-order valence-electron chi connectivity index (χ4n) is 4.68. The Kier molecular flexibility index (Phi) is 5.24. The van der Waals surface area contributed by atoms with Gasteiger partial charge in [-0.25, -0.2) is 9.18 Å². The second-order valence-corrected chi connectivity index (χ2v) is 9.37. The topological polar surface area (TPSA) is 70.1 Å². The van der Waals surface area contributed by atoms with E-state index in [2.05, 4.69) is 4.90 Å². The Balaban J connectivity index is 1.50. The van der Waals surface area contributed by atoms with Crippen molar-refractivity contribution in [2.45, 2.75) is 24.3 Å². The first-order valence-electron chi connectivity index (χ1n) is 10.3. The summed E-state index contributed by atoms with van der Waals surface area (Å²) in [6.45, 7) is 4.96. The number of amides is 1. The van der Waals surface area contributed by atoms with E-state index in [0.29, 0.717) is 17.4 Å². The van der Waals surface area contributed by atoms with E-state index in [4.69, 9.17) is 4.74 Å². The van der Waals surface area contributed by atoms with Gasteiger partial charge in [-0.05, 0) is 47.9 Å². The molecule has 2 aromatic carbocycles. The van der Waals surface area contributed by atoms with Gasteiger partial charge in [0.25, 0.3) is 0 Å². The van der Waals surface area contributed by atoms with Crippen molar-refractivity contribution >= 4 is 29.3 Å². The summed E-state index contributed by atoms with van der Waals surface area (Å²) in [5.74, 6) is -0.858. The first-order chi connectivity index (χ1) is 14.9. The third kappa shape index (κ3) is 3.52. The first-order valence-corrected chi connectivity index (χ1v) is 11.4. The lowest BCUT2D eigenvalue weighted by Crippen LogP contribution is -2.58. The minimum Gasteiger partial charge on any atom is -0.478 e. The van der Waals surface area contributed by atoms with Gasteiger partial charge in [0.05, 0.1) is 30.6 Å². The molecule has 5 rings (SSSR count). The van der Waals surface area contributed by atoms with Gasteiger partial charge < -0.3 is 9.84 Å². The van der Waals surface area contributed by atoms with Gasteiger partial charge in [0.2, 0.25) is 5.91 Å². The van der Waals surface area contributed by atoms with Crippen molar-refractivity contribution in [1.29, 1.82) is 0 Å². The van der Waals surface area contributed by atoms with Crippen LogP contribution in [0.15, 0.2) is 36.4 Å². The van der Waals surface area contributed by atoms with Crippen LogP contribution in [-0.4, -0.2) is 60.0 Å². The molecule has 0 spiro atoms. The summed E-state index contributed by atoms with van der Waals surface area (Å²) in [5.41, 5.74) is 3.52. The number of ether oxygens (including phenoxy) is 1. The molecule has 3 fully saturated rings. The molecular weight excluding hydrogens is 419 g/mol.